The molecule has 1 aromatic rings. The zero-order valence-corrected chi connectivity index (χ0v) is 13.2. The molecular formula is C13H19BrN2O3. The molecule has 5 nitrogen and oxygen atoms in total. The Bertz CT molecular complexity index is 415. The average molecular weight is 331 g/mol. The van der Waals surface area contributed by atoms with Crippen molar-refractivity contribution in [1.29, 1.82) is 0 Å². The highest BCUT2D eigenvalue weighted by Gasteiger charge is 2.18. The lowest BCUT2D eigenvalue weighted by Gasteiger charge is -2.20. The predicted molar refractivity (Wildman–Crippen MR) is 74.9 cm³/mol. The van der Waals surface area contributed by atoms with E-state index in [1.165, 1.54) is 6.20 Å². The van der Waals surface area contributed by atoms with Crippen molar-refractivity contribution in [3.05, 3.63) is 17.0 Å². The summed E-state index contributed by atoms with van der Waals surface area (Å²) in [5.74, 6) is 0.282. The molecule has 0 aliphatic carbocycles. The molecule has 0 unspecified atom stereocenters. The van der Waals surface area contributed by atoms with Crippen molar-refractivity contribution >= 4 is 21.9 Å². The smallest absolute Gasteiger partial charge is 0.306 e. The number of hydrogen-bond donors (Lipinski definition) is 0. The maximum absolute atomic E-state index is 11.6. The van der Waals surface area contributed by atoms with Gasteiger partial charge in [0.15, 0.2) is 0 Å². The van der Waals surface area contributed by atoms with Gasteiger partial charge in [0, 0.05) is 5.92 Å². The zero-order chi connectivity index (χ0) is 14.5. The number of ether oxygens (including phenoxy) is 2. The molecule has 0 amide bonds. The van der Waals surface area contributed by atoms with Crippen LogP contribution in [0.25, 0.3) is 0 Å². The Morgan fingerprint density at radius 2 is 2.05 bits per heavy atom. The van der Waals surface area contributed by atoms with Crippen LogP contribution in [0, 0.1) is 5.92 Å². The van der Waals surface area contributed by atoms with Crippen molar-refractivity contribution in [2.45, 2.75) is 39.7 Å². The molecule has 0 saturated heterocycles. The Morgan fingerprint density at radius 1 is 1.37 bits per heavy atom. The molecular weight excluding hydrogens is 312 g/mol. The van der Waals surface area contributed by atoms with Crippen LogP contribution in [0.15, 0.2) is 17.0 Å². The highest BCUT2D eigenvalue weighted by atomic mass is 79.9. The third kappa shape index (κ3) is 7.10. The van der Waals surface area contributed by atoms with Gasteiger partial charge in [0.25, 0.3) is 0 Å². The van der Waals surface area contributed by atoms with E-state index in [2.05, 4.69) is 25.9 Å². The molecule has 0 N–H and O–H groups in total. The molecule has 1 aromatic heterocycles. The van der Waals surface area contributed by atoms with E-state index in [1.54, 1.807) is 6.20 Å². The Balaban J connectivity index is 2.33. The van der Waals surface area contributed by atoms with Crippen molar-refractivity contribution in [3.8, 4) is 5.88 Å². The Kier molecular flexibility index (Phi) is 5.72. The van der Waals surface area contributed by atoms with Gasteiger partial charge >= 0.3 is 5.97 Å². The van der Waals surface area contributed by atoms with Crippen molar-refractivity contribution in [2.75, 3.05) is 6.61 Å². The summed E-state index contributed by atoms with van der Waals surface area (Å²) >= 11 is 3.20. The molecule has 0 spiro atoms. The van der Waals surface area contributed by atoms with Crippen molar-refractivity contribution in [2.24, 2.45) is 5.92 Å². The van der Waals surface area contributed by atoms with Crippen molar-refractivity contribution < 1.29 is 14.3 Å². The number of aromatic nitrogens is 2. The number of esters is 1. The fourth-order valence-corrected chi connectivity index (χ4v) is 1.53. The summed E-state index contributed by atoms with van der Waals surface area (Å²) in [5, 5.41) is 0. The van der Waals surface area contributed by atoms with Crippen molar-refractivity contribution in [1.82, 2.24) is 9.97 Å². The quantitative estimate of drug-likeness (QED) is 0.776. The Hall–Kier alpha value is -1.17. The molecule has 0 fully saturated rings. The normalized spacial score (nSPS) is 12.9. The molecule has 1 heterocycles. The summed E-state index contributed by atoms with van der Waals surface area (Å²) < 4.78 is 11.4. The fourth-order valence-electron chi connectivity index (χ4n) is 1.33. The van der Waals surface area contributed by atoms with Gasteiger partial charge in [0.1, 0.15) is 10.2 Å². The van der Waals surface area contributed by atoms with Crippen LogP contribution in [-0.4, -0.2) is 28.1 Å². The highest BCUT2D eigenvalue weighted by Crippen LogP contribution is 2.13. The van der Waals surface area contributed by atoms with Gasteiger partial charge in [-0.05, 0) is 36.7 Å². The molecule has 1 rings (SSSR count). The van der Waals surface area contributed by atoms with E-state index in [0.717, 1.165) is 0 Å². The molecule has 0 saturated carbocycles. The highest BCUT2D eigenvalue weighted by molar-refractivity contribution is 9.10. The van der Waals surface area contributed by atoms with Gasteiger partial charge in [0.05, 0.1) is 25.4 Å². The molecule has 19 heavy (non-hydrogen) atoms. The molecule has 6 heteroatoms. The van der Waals surface area contributed by atoms with E-state index in [4.69, 9.17) is 9.47 Å². The van der Waals surface area contributed by atoms with Crippen LogP contribution in [0.3, 0.4) is 0 Å². The first-order valence-electron chi connectivity index (χ1n) is 6.08. The van der Waals surface area contributed by atoms with E-state index in [0.29, 0.717) is 23.5 Å². The Labute approximate surface area is 121 Å². The number of rotatable bonds is 5. The lowest BCUT2D eigenvalue weighted by Crippen LogP contribution is -2.26. The van der Waals surface area contributed by atoms with E-state index in [-0.39, 0.29) is 11.9 Å². The van der Waals surface area contributed by atoms with Crippen LogP contribution >= 0.6 is 15.9 Å². The van der Waals surface area contributed by atoms with E-state index in [1.807, 2.05) is 27.7 Å². The van der Waals surface area contributed by atoms with Crippen LogP contribution in [0.5, 0.6) is 5.88 Å². The SMILES string of the molecule is C[C@@H](COc1cnc(Br)cn1)CC(=O)OC(C)(C)C. The topological polar surface area (TPSA) is 61.3 Å². The maximum Gasteiger partial charge on any atom is 0.306 e. The van der Waals surface area contributed by atoms with Crippen LogP contribution in [0.4, 0.5) is 0 Å². The maximum atomic E-state index is 11.6. The summed E-state index contributed by atoms with van der Waals surface area (Å²) in [6.45, 7) is 7.88. The van der Waals surface area contributed by atoms with Gasteiger partial charge in [-0.2, -0.15) is 0 Å². The Morgan fingerprint density at radius 3 is 2.58 bits per heavy atom. The van der Waals surface area contributed by atoms with Gasteiger partial charge in [-0.3, -0.25) is 4.79 Å². The predicted octanol–water partition coefficient (Wildman–Crippen LogP) is 2.99. The second-order valence-electron chi connectivity index (χ2n) is 5.38. The number of carbonyl (C=O) groups is 1. The van der Waals surface area contributed by atoms with E-state index in [9.17, 15) is 4.79 Å². The molecule has 0 aromatic carbocycles. The van der Waals surface area contributed by atoms with E-state index < -0.39 is 5.60 Å². The second kappa shape index (κ2) is 6.84. The van der Waals surface area contributed by atoms with Gasteiger partial charge in [-0.25, -0.2) is 9.97 Å². The molecule has 0 radical (unpaired) electrons. The van der Waals surface area contributed by atoms with Crippen LogP contribution in [0.2, 0.25) is 0 Å². The first kappa shape index (κ1) is 15.9. The summed E-state index contributed by atoms with van der Waals surface area (Å²) in [7, 11) is 0. The minimum Gasteiger partial charge on any atom is -0.476 e. The van der Waals surface area contributed by atoms with Gasteiger partial charge in [-0.1, -0.05) is 6.92 Å². The first-order valence-corrected chi connectivity index (χ1v) is 6.88. The number of nitrogens with zero attached hydrogens (tertiary/aromatic N) is 2. The minimum absolute atomic E-state index is 0.0558. The summed E-state index contributed by atoms with van der Waals surface area (Å²) in [6, 6.07) is 0. The molecule has 1 atom stereocenters. The first-order chi connectivity index (χ1) is 8.76. The molecule has 0 aliphatic heterocycles. The van der Waals surface area contributed by atoms with Gasteiger partial charge < -0.3 is 9.47 Å². The summed E-state index contributed by atoms with van der Waals surface area (Å²) in [6.07, 6.45) is 3.42. The minimum atomic E-state index is -0.450. The average Bonchev–Trinajstić information content (AvgIpc) is 2.25. The number of carbonyl (C=O) groups excluding carboxylic acids is 1. The third-order valence-corrected chi connectivity index (χ3v) is 2.46. The van der Waals surface area contributed by atoms with Gasteiger partial charge in [-0.15, -0.1) is 0 Å². The van der Waals surface area contributed by atoms with Gasteiger partial charge in [0.2, 0.25) is 5.88 Å². The second-order valence-corrected chi connectivity index (χ2v) is 6.20. The lowest BCUT2D eigenvalue weighted by molar-refractivity contribution is -0.156. The zero-order valence-electron chi connectivity index (χ0n) is 11.6. The number of hydrogen-bond acceptors (Lipinski definition) is 5. The largest absolute Gasteiger partial charge is 0.476 e. The monoisotopic (exact) mass is 330 g/mol. The fraction of sp³-hybridized carbons (Fsp3) is 0.615. The molecule has 0 aliphatic rings. The summed E-state index contributed by atoms with van der Waals surface area (Å²) in [5.41, 5.74) is -0.450. The molecule has 0 bridgehead atoms. The summed E-state index contributed by atoms with van der Waals surface area (Å²) in [4.78, 5) is 19.7. The standard InChI is InChI=1S/C13H19BrN2O3/c1-9(5-12(17)19-13(2,3)4)8-18-11-7-15-10(14)6-16-11/h6-7,9H,5,8H2,1-4H3/t9-/m1/s1. The van der Waals surface area contributed by atoms with Crippen LogP contribution in [0.1, 0.15) is 34.1 Å². The van der Waals surface area contributed by atoms with E-state index >= 15 is 0 Å². The van der Waals surface area contributed by atoms with Crippen LogP contribution in [-0.2, 0) is 9.53 Å². The number of halogens is 1. The van der Waals surface area contributed by atoms with Crippen molar-refractivity contribution in [3.63, 3.8) is 0 Å². The van der Waals surface area contributed by atoms with Crippen LogP contribution < -0.4 is 4.74 Å². The lowest BCUT2D eigenvalue weighted by atomic mass is 10.1. The molecule has 106 valence electrons. The third-order valence-electron chi connectivity index (χ3n) is 2.05.